The standard InChI is InChI=1S/C10H11I2NO2/c11-5-9(13-10(15)6-12)7-1-3-8(14)4-2-7/h1-4,9,14H,5-6H2,(H,13,15)/t9-/m0/s1. The first-order valence-corrected chi connectivity index (χ1v) is 7.42. The fourth-order valence-corrected chi connectivity index (χ4v) is 2.10. The zero-order valence-electron chi connectivity index (χ0n) is 7.91. The van der Waals surface area contributed by atoms with Gasteiger partial charge in [0, 0.05) is 4.43 Å². The molecule has 1 aromatic carbocycles. The van der Waals surface area contributed by atoms with Crippen LogP contribution in [0.3, 0.4) is 0 Å². The van der Waals surface area contributed by atoms with Crippen LogP contribution >= 0.6 is 45.2 Å². The number of hydrogen-bond acceptors (Lipinski definition) is 2. The summed E-state index contributed by atoms with van der Waals surface area (Å²) < 4.78 is 1.27. The van der Waals surface area contributed by atoms with Crippen molar-refractivity contribution in [3.8, 4) is 5.75 Å². The number of halogens is 2. The van der Waals surface area contributed by atoms with Crippen LogP contribution in [-0.4, -0.2) is 19.9 Å². The zero-order valence-corrected chi connectivity index (χ0v) is 12.2. The Labute approximate surface area is 116 Å². The zero-order chi connectivity index (χ0) is 11.3. The van der Waals surface area contributed by atoms with Gasteiger partial charge in [0.25, 0.3) is 0 Å². The van der Waals surface area contributed by atoms with Gasteiger partial charge in [-0.15, -0.1) is 0 Å². The highest BCUT2D eigenvalue weighted by Crippen LogP contribution is 2.18. The van der Waals surface area contributed by atoms with Crippen molar-refractivity contribution < 1.29 is 9.90 Å². The third kappa shape index (κ3) is 4.13. The number of hydrogen-bond donors (Lipinski definition) is 2. The van der Waals surface area contributed by atoms with E-state index in [-0.39, 0.29) is 17.7 Å². The third-order valence-electron chi connectivity index (χ3n) is 1.91. The van der Waals surface area contributed by atoms with Gasteiger partial charge in [0.05, 0.1) is 10.5 Å². The Morgan fingerprint density at radius 3 is 2.40 bits per heavy atom. The summed E-state index contributed by atoms with van der Waals surface area (Å²) in [5, 5.41) is 12.1. The second-order valence-corrected chi connectivity index (χ2v) is 4.64. The van der Waals surface area contributed by atoms with Crippen molar-refractivity contribution in [2.24, 2.45) is 0 Å². The lowest BCUT2D eigenvalue weighted by molar-refractivity contribution is -0.118. The summed E-state index contributed by atoms with van der Waals surface area (Å²) in [5.41, 5.74) is 1.01. The van der Waals surface area contributed by atoms with Gasteiger partial charge in [-0.25, -0.2) is 0 Å². The molecule has 0 aliphatic carbocycles. The maximum Gasteiger partial charge on any atom is 0.230 e. The van der Waals surface area contributed by atoms with Gasteiger partial charge >= 0.3 is 0 Å². The van der Waals surface area contributed by atoms with Gasteiger partial charge in [-0.05, 0) is 17.7 Å². The van der Waals surface area contributed by atoms with Crippen molar-refractivity contribution in [2.45, 2.75) is 6.04 Å². The molecule has 1 atom stereocenters. The Hall–Kier alpha value is -0.0500. The molecule has 0 saturated heterocycles. The quantitative estimate of drug-likeness (QED) is 0.569. The van der Waals surface area contributed by atoms with E-state index in [2.05, 4.69) is 27.9 Å². The first-order valence-electron chi connectivity index (χ1n) is 4.37. The SMILES string of the molecule is O=C(CI)N[C@@H](CI)c1ccc(O)cc1. The molecule has 0 heterocycles. The predicted molar refractivity (Wildman–Crippen MR) is 76.8 cm³/mol. The molecule has 0 bridgehead atoms. The van der Waals surface area contributed by atoms with Crippen molar-refractivity contribution in [3.63, 3.8) is 0 Å². The van der Waals surface area contributed by atoms with Crippen molar-refractivity contribution in [1.82, 2.24) is 5.32 Å². The van der Waals surface area contributed by atoms with E-state index in [1.807, 2.05) is 34.7 Å². The summed E-state index contributed by atoms with van der Waals surface area (Å²) in [4.78, 5) is 11.3. The minimum atomic E-state index is 0.0217. The lowest BCUT2D eigenvalue weighted by Crippen LogP contribution is -2.30. The number of phenols is 1. The van der Waals surface area contributed by atoms with E-state index in [1.54, 1.807) is 12.1 Å². The molecule has 1 aromatic rings. The minimum absolute atomic E-state index is 0.0217. The van der Waals surface area contributed by atoms with Crippen molar-refractivity contribution in [3.05, 3.63) is 29.8 Å². The average molecular weight is 431 g/mol. The molecule has 0 saturated carbocycles. The summed E-state index contributed by atoms with van der Waals surface area (Å²) >= 11 is 4.27. The summed E-state index contributed by atoms with van der Waals surface area (Å²) in [6.45, 7) is 0. The van der Waals surface area contributed by atoms with Gasteiger partial charge in [-0.3, -0.25) is 4.79 Å². The third-order valence-corrected chi connectivity index (χ3v) is 3.48. The summed E-state index contributed by atoms with van der Waals surface area (Å²) in [7, 11) is 0. The average Bonchev–Trinajstić information content (AvgIpc) is 2.27. The number of alkyl halides is 2. The highest BCUT2D eigenvalue weighted by Gasteiger charge is 2.12. The van der Waals surface area contributed by atoms with Gasteiger partial charge < -0.3 is 10.4 Å². The fraction of sp³-hybridized carbons (Fsp3) is 0.300. The molecular weight excluding hydrogens is 420 g/mol. The number of carbonyl (C=O) groups excluding carboxylic acids is 1. The Morgan fingerprint density at radius 2 is 1.93 bits per heavy atom. The number of phenolic OH excluding ortho intramolecular Hbond substituents is 1. The molecule has 3 nitrogen and oxygen atoms in total. The number of aromatic hydroxyl groups is 1. The summed E-state index contributed by atoms with van der Waals surface area (Å²) in [6, 6.07) is 6.93. The minimum Gasteiger partial charge on any atom is -0.508 e. The van der Waals surface area contributed by atoms with Crippen LogP contribution in [0.15, 0.2) is 24.3 Å². The van der Waals surface area contributed by atoms with Crippen LogP contribution in [0.2, 0.25) is 0 Å². The summed E-state index contributed by atoms with van der Waals surface area (Å²) in [5.74, 6) is 0.275. The highest BCUT2D eigenvalue weighted by molar-refractivity contribution is 14.1. The Bertz CT molecular complexity index is 327. The monoisotopic (exact) mass is 431 g/mol. The smallest absolute Gasteiger partial charge is 0.230 e. The fourth-order valence-electron chi connectivity index (χ4n) is 1.15. The second kappa shape index (κ2) is 6.51. The van der Waals surface area contributed by atoms with Crippen LogP contribution in [0.4, 0.5) is 0 Å². The van der Waals surface area contributed by atoms with Gasteiger partial charge in [-0.1, -0.05) is 57.3 Å². The molecule has 0 fully saturated rings. The topological polar surface area (TPSA) is 49.3 Å². The van der Waals surface area contributed by atoms with E-state index in [4.69, 9.17) is 5.11 Å². The molecule has 15 heavy (non-hydrogen) atoms. The molecule has 0 unspecified atom stereocenters. The highest BCUT2D eigenvalue weighted by atomic mass is 127. The molecular formula is C10H11I2NO2. The van der Waals surface area contributed by atoms with Crippen LogP contribution < -0.4 is 5.32 Å². The van der Waals surface area contributed by atoms with Crippen molar-refractivity contribution in [2.75, 3.05) is 8.86 Å². The predicted octanol–water partition coefficient (Wildman–Crippen LogP) is 2.42. The van der Waals surface area contributed by atoms with Crippen LogP contribution in [-0.2, 0) is 4.79 Å². The number of benzene rings is 1. The maximum absolute atomic E-state index is 11.3. The molecule has 2 N–H and O–H groups in total. The molecule has 1 amide bonds. The Balaban J connectivity index is 2.74. The van der Waals surface area contributed by atoms with Crippen LogP contribution in [0.25, 0.3) is 0 Å². The van der Waals surface area contributed by atoms with Gasteiger partial charge in [0.2, 0.25) is 5.91 Å². The largest absolute Gasteiger partial charge is 0.508 e. The number of nitrogens with one attached hydrogen (secondary N) is 1. The van der Waals surface area contributed by atoms with E-state index in [0.29, 0.717) is 4.43 Å². The molecule has 0 radical (unpaired) electrons. The van der Waals surface area contributed by atoms with E-state index < -0.39 is 0 Å². The van der Waals surface area contributed by atoms with Crippen LogP contribution in [0.1, 0.15) is 11.6 Å². The molecule has 0 aliphatic heterocycles. The molecule has 1 rings (SSSR count). The first-order chi connectivity index (χ1) is 7.17. The second-order valence-electron chi connectivity index (χ2n) is 3.00. The number of carbonyl (C=O) groups is 1. The Kier molecular flexibility index (Phi) is 5.65. The van der Waals surface area contributed by atoms with E-state index in [9.17, 15) is 4.79 Å². The van der Waals surface area contributed by atoms with Crippen LogP contribution in [0.5, 0.6) is 5.75 Å². The van der Waals surface area contributed by atoms with E-state index >= 15 is 0 Å². The van der Waals surface area contributed by atoms with Gasteiger partial charge in [-0.2, -0.15) is 0 Å². The molecule has 82 valence electrons. The van der Waals surface area contributed by atoms with E-state index in [0.717, 1.165) is 9.99 Å². The van der Waals surface area contributed by atoms with Gasteiger partial charge in [0.15, 0.2) is 0 Å². The molecule has 5 heteroatoms. The number of amides is 1. The molecule has 0 spiro atoms. The maximum atomic E-state index is 11.3. The van der Waals surface area contributed by atoms with Gasteiger partial charge in [0.1, 0.15) is 5.75 Å². The van der Waals surface area contributed by atoms with Crippen molar-refractivity contribution in [1.29, 1.82) is 0 Å². The van der Waals surface area contributed by atoms with Crippen LogP contribution in [0, 0.1) is 0 Å². The lowest BCUT2D eigenvalue weighted by atomic mass is 10.1. The molecule has 0 aliphatic rings. The first kappa shape index (κ1) is 13.0. The Morgan fingerprint density at radius 1 is 1.33 bits per heavy atom. The summed E-state index contributed by atoms with van der Waals surface area (Å²) in [6.07, 6.45) is 0. The molecule has 0 aromatic heterocycles. The normalized spacial score (nSPS) is 12.1. The van der Waals surface area contributed by atoms with Crippen molar-refractivity contribution >= 4 is 51.1 Å². The number of rotatable bonds is 4. The lowest BCUT2D eigenvalue weighted by Gasteiger charge is -2.15. The van der Waals surface area contributed by atoms with E-state index in [1.165, 1.54) is 0 Å².